The number of hydrogen-bond acceptors (Lipinski definition) is 4. The summed E-state index contributed by atoms with van der Waals surface area (Å²) in [5.41, 5.74) is 1.86. The second kappa shape index (κ2) is 7.23. The van der Waals surface area contributed by atoms with Gasteiger partial charge in [0.2, 0.25) is 5.91 Å². The second-order valence-electron chi connectivity index (χ2n) is 6.71. The first-order valence-electron chi connectivity index (χ1n) is 9.11. The Kier molecular flexibility index (Phi) is 4.62. The number of ether oxygens (including phenoxy) is 1. The first kappa shape index (κ1) is 17.3. The normalized spacial score (nSPS) is 17.9. The van der Waals surface area contributed by atoms with Crippen LogP contribution in [0.25, 0.3) is 0 Å². The first-order chi connectivity index (χ1) is 13.1. The zero-order valence-corrected chi connectivity index (χ0v) is 14.8. The molecule has 3 amide bonds. The van der Waals surface area contributed by atoms with Gasteiger partial charge in [0.05, 0.1) is 23.8 Å². The number of nitrogens with zero attached hydrogens (tertiary/aromatic N) is 1. The molecule has 2 aromatic rings. The van der Waals surface area contributed by atoms with Gasteiger partial charge in [-0.3, -0.25) is 19.3 Å². The summed E-state index contributed by atoms with van der Waals surface area (Å²) in [6.07, 6.45) is 1.41. The number of imide groups is 1. The molecule has 6 nitrogen and oxygen atoms in total. The predicted molar refractivity (Wildman–Crippen MR) is 98.5 cm³/mol. The summed E-state index contributed by atoms with van der Waals surface area (Å²) in [6.45, 7) is 0.807. The lowest BCUT2D eigenvalue weighted by molar-refractivity contribution is -0.122. The van der Waals surface area contributed by atoms with Crippen molar-refractivity contribution in [3.63, 3.8) is 0 Å². The average Bonchev–Trinajstić information content (AvgIpc) is 2.93. The maximum atomic E-state index is 12.3. The SMILES string of the molecule is O=C(CCCN1C(=O)c2ccccc2C1=O)NC1CCOc2ccccc21. The maximum Gasteiger partial charge on any atom is 0.261 e. The third-order valence-electron chi connectivity index (χ3n) is 4.96. The van der Waals surface area contributed by atoms with Gasteiger partial charge >= 0.3 is 0 Å². The van der Waals surface area contributed by atoms with Crippen LogP contribution in [0.3, 0.4) is 0 Å². The van der Waals surface area contributed by atoms with Gasteiger partial charge in [0.25, 0.3) is 11.8 Å². The third kappa shape index (κ3) is 3.30. The van der Waals surface area contributed by atoms with E-state index < -0.39 is 0 Å². The molecule has 27 heavy (non-hydrogen) atoms. The summed E-state index contributed by atoms with van der Waals surface area (Å²) in [6, 6.07) is 14.4. The van der Waals surface area contributed by atoms with Crippen LogP contribution in [0.15, 0.2) is 48.5 Å². The van der Waals surface area contributed by atoms with Crippen molar-refractivity contribution >= 4 is 17.7 Å². The van der Waals surface area contributed by atoms with E-state index in [0.29, 0.717) is 24.2 Å². The van der Waals surface area contributed by atoms with E-state index in [0.717, 1.165) is 17.7 Å². The minimum absolute atomic E-state index is 0.0678. The lowest BCUT2D eigenvalue weighted by Gasteiger charge is -2.26. The highest BCUT2D eigenvalue weighted by Crippen LogP contribution is 2.31. The van der Waals surface area contributed by atoms with Gasteiger partial charge in [-0.15, -0.1) is 0 Å². The zero-order valence-electron chi connectivity index (χ0n) is 14.8. The molecule has 4 rings (SSSR count). The Morgan fingerprint density at radius 1 is 1.04 bits per heavy atom. The van der Waals surface area contributed by atoms with Crippen molar-refractivity contribution in [3.8, 4) is 5.75 Å². The molecule has 0 fully saturated rings. The number of hydrogen-bond donors (Lipinski definition) is 1. The Hall–Kier alpha value is -3.15. The number of para-hydroxylation sites is 1. The summed E-state index contributed by atoms with van der Waals surface area (Å²) in [7, 11) is 0. The van der Waals surface area contributed by atoms with Gasteiger partial charge in [0.15, 0.2) is 0 Å². The molecule has 6 heteroatoms. The molecular weight excluding hydrogens is 344 g/mol. The first-order valence-corrected chi connectivity index (χ1v) is 9.11. The standard InChI is InChI=1S/C21H20N2O4/c24-19(22-17-11-13-27-18-9-4-3-8-16(17)18)10-5-12-23-20(25)14-6-1-2-7-15(14)21(23)26/h1-4,6-9,17H,5,10-13H2,(H,22,24). The number of carbonyl (C=O) groups is 3. The van der Waals surface area contributed by atoms with Gasteiger partial charge < -0.3 is 10.1 Å². The lowest BCUT2D eigenvalue weighted by Crippen LogP contribution is -2.34. The van der Waals surface area contributed by atoms with Crippen LogP contribution in [0.4, 0.5) is 0 Å². The molecular formula is C21H20N2O4. The highest BCUT2D eigenvalue weighted by molar-refractivity contribution is 6.21. The molecule has 1 N–H and O–H groups in total. The third-order valence-corrected chi connectivity index (χ3v) is 4.96. The number of fused-ring (bicyclic) bond motifs is 2. The second-order valence-corrected chi connectivity index (χ2v) is 6.71. The molecule has 1 unspecified atom stereocenters. The van der Waals surface area contributed by atoms with Crippen molar-refractivity contribution in [2.24, 2.45) is 0 Å². The number of benzene rings is 2. The molecule has 0 spiro atoms. The van der Waals surface area contributed by atoms with E-state index >= 15 is 0 Å². The molecule has 2 aromatic carbocycles. The van der Waals surface area contributed by atoms with Crippen molar-refractivity contribution in [1.82, 2.24) is 10.2 Å². The highest BCUT2D eigenvalue weighted by Gasteiger charge is 2.34. The Bertz CT molecular complexity index is 874. The summed E-state index contributed by atoms with van der Waals surface area (Å²) in [5, 5.41) is 3.03. The largest absolute Gasteiger partial charge is 0.493 e. The Labute approximate surface area is 157 Å². The minimum Gasteiger partial charge on any atom is -0.493 e. The van der Waals surface area contributed by atoms with Gasteiger partial charge in [-0.2, -0.15) is 0 Å². The van der Waals surface area contributed by atoms with Crippen molar-refractivity contribution in [2.75, 3.05) is 13.2 Å². The molecule has 0 radical (unpaired) electrons. The highest BCUT2D eigenvalue weighted by atomic mass is 16.5. The van der Waals surface area contributed by atoms with Crippen molar-refractivity contribution in [1.29, 1.82) is 0 Å². The van der Waals surface area contributed by atoms with Crippen LogP contribution < -0.4 is 10.1 Å². The number of rotatable bonds is 5. The van der Waals surface area contributed by atoms with Crippen molar-refractivity contribution in [3.05, 3.63) is 65.2 Å². The molecule has 138 valence electrons. The molecule has 1 atom stereocenters. The molecule has 0 saturated heterocycles. The van der Waals surface area contributed by atoms with Gasteiger partial charge in [-0.05, 0) is 24.6 Å². The molecule has 2 aliphatic heterocycles. The van der Waals surface area contributed by atoms with Crippen LogP contribution in [-0.4, -0.2) is 35.8 Å². The van der Waals surface area contributed by atoms with Crippen LogP contribution in [0.2, 0.25) is 0 Å². The van der Waals surface area contributed by atoms with Crippen LogP contribution in [0.5, 0.6) is 5.75 Å². The zero-order chi connectivity index (χ0) is 18.8. The van der Waals surface area contributed by atoms with Gasteiger partial charge in [-0.1, -0.05) is 30.3 Å². The van der Waals surface area contributed by atoms with Crippen molar-refractivity contribution < 1.29 is 19.1 Å². The molecule has 0 saturated carbocycles. The van der Waals surface area contributed by atoms with Crippen LogP contribution in [0, 0.1) is 0 Å². The number of carbonyl (C=O) groups excluding carboxylic acids is 3. The Morgan fingerprint density at radius 3 is 2.44 bits per heavy atom. The molecule has 0 bridgehead atoms. The summed E-state index contributed by atoms with van der Waals surface area (Å²) < 4.78 is 5.61. The minimum atomic E-state index is -0.283. The molecule has 2 aliphatic rings. The topological polar surface area (TPSA) is 75.7 Å². The summed E-state index contributed by atoms with van der Waals surface area (Å²) >= 11 is 0. The van der Waals surface area contributed by atoms with Gasteiger partial charge in [0, 0.05) is 24.9 Å². The van der Waals surface area contributed by atoms with Crippen LogP contribution in [0.1, 0.15) is 51.6 Å². The van der Waals surface area contributed by atoms with Crippen LogP contribution >= 0.6 is 0 Å². The molecule has 0 aliphatic carbocycles. The van der Waals surface area contributed by atoms with Crippen LogP contribution in [-0.2, 0) is 4.79 Å². The van der Waals surface area contributed by atoms with E-state index in [9.17, 15) is 14.4 Å². The summed E-state index contributed by atoms with van der Waals surface area (Å²) in [4.78, 5) is 38.2. The fourth-order valence-electron chi connectivity index (χ4n) is 3.60. The van der Waals surface area contributed by atoms with E-state index in [-0.39, 0.29) is 36.7 Å². The van der Waals surface area contributed by atoms with Gasteiger partial charge in [-0.25, -0.2) is 0 Å². The predicted octanol–water partition coefficient (Wildman–Crippen LogP) is 2.70. The monoisotopic (exact) mass is 364 g/mol. The number of nitrogens with one attached hydrogen (secondary N) is 1. The van der Waals surface area contributed by atoms with E-state index in [4.69, 9.17) is 4.74 Å². The van der Waals surface area contributed by atoms with E-state index in [1.54, 1.807) is 24.3 Å². The molecule has 0 aromatic heterocycles. The molecule has 2 heterocycles. The summed E-state index contributed by atoms with van der Waals surface area (Å²) in [5.74, 6) is 0.150. The fraction of sp³-hybridized carbons (Fsp3) is 0.286. The van der Waals surface area contributed by atoms with E-state index in [1.807, 2.05) is 24.3 Å². The number of amides is 3. The van der Waals surface area contributed by atoms with E-state index in [1.165, 1.54) is 4.90 Å². The Balaban J connectivity index is 1.31. The Morgan fingerprint density at radius 2 is 1.70 bits per heavy atom. The lowest BCUT2D eigenvalue weighted by atomic mass is 10.0. The average molecular weight is 364 g/mol. The maximum absolute atomic E-state index is 12.3. The fourth-order valence-corrected chi connectivity index (χ4v) is 3.60. The van der Waals surface area contributed by atoms with Crippen molar-refractivity contribution in [2.45, 2.75) is 25.3 Å². The smallest absolute Gasteiger partial charge is 0.261 e. The van der Waals surface area contributed by atoms with E-state index in [2.05, 4.69) is 5.32 Å². The van der Waals surface area contributed by atoms with Gasteiger partial charge in [0.1, 0.15) is 5.75 Å². The quantitative estimate of drug-likeness (QED) is 0.828.